The van der Waals surface area contributed by atoms with Crippen LogP contribution in [0.3, 0.4) is 0 Å². The van der Waals surface area contributed by atoms with Gasteiger partial charge in [0, 0.05) is 30.2 Å². The van der Waals surface area contributed by atoms with E-state index in [1.54, 1.807) is 23.8 Å². The number of hydrogen-bond acceptors (Lipinski definition) is 6. The molecular weight excluding hydrogens is 425 g/mol. The summed E-state index contributed by atoms with van der Waals surface area (Å²) in [5.41, 5.74) is 2.62. The van der Waals surface area contributed by atoms with Crippen molar-refractivity contribution in [3.05, 3.63) is 75.2 Å². The first-order valence-corrected chi connectivity index (χ1v) is 10.9. The van der Waals surface area contributed by atoms with Crippen LogP contribution in [-0.2, 0) is 23.0 Å². The molecule has 2 heterocycles. The number of nitrogens with zero attached hydrogens (tertiary/aromatic N) is 2. The van der Waals surface area contributed by atoms with Crippen LogP contribution in [-0.4, -0.2) is 24.2 Å². The minimum atomic E-state index is -3.86. The summed E-state index contributed by atoms with van der Waals surface area (Å²) in [7, 11) is -3.86. The van der Waals surface area contributed by atoms with Gasteiger partial charge in [-0.3, -0.25) is 14.8 Å². The fraction of sp³-hybridized carbons (Fsp3) is 0.167. The van der Waals surface area contributed by atoms with Crippen molar-refractivity contribution >= 4 is 38.7 Å². The highest BCUT2D eigenvalue weighted by atomic mass is 35.5. The van der Waals surface area contributed by atoms with Crippen LogP contribution in [0.25, 0.3) is 0 Å². The molecule has 0 saturated carbocycles. The first-order chi connectivity index (χ1) is 13.3. The number of hydrogen-bond donors (Lipinski definition) is 1. The van der Waals surface area contributed by atoms with Crippen LogP contribution in [0.15, 0.2) is 53.1 Å². The Morgan fingerprint density at radius 2 is 2.04 bits per heavy atom. The van der Waals surface area contributed by atoms with Crippen molar-refractivity contribution in [1.29, 1.82) is 0 Å². The van der Waals surface area contributed by atoms with E-state index in [0.717, 1.165) is 23.1 Å². The summed E-state index contributed by atoms with van der Waals surface area (Å²) in [4.78, 5) is 21.1. The number of nitrogens with one attached hydrogen (secondary N) is 1. The summed E-state index contributed by atoms with van der Waals surface area (Å²) < 4.78 is 40.1. The molecule has 0 aliphatic rings. The van der Waals surface area contributed by atoms with Crippen molar-refractivity contribution in [2.24, 2.45) is 0 Å². The first-order valence-electron chi connectivity index (χ1n) is 8.15. The number of aryl methyl sites for hydroxylation is 1. The topological polar surface area (TPSA) is 89.0 Å². The number of Topliss-reactive ketones (excluding diaryl/α,β-unsaturated/α-hetero) is 1. The molecule has 0 fully saturated rings. The molecule has 1 N–H and O–H groups in total. The molecule has 3 rings (SSSR count). The number of halogens is 2. The predicted octanol–water partition coefficient (Wildman–Crippen LogP) is 3.62. The zero-order valence-corrected chi connectivity index (χ0v) is 16.8. The largest absolute Gasteiger partial charge is 0.292 e. The van der Waals surface area contributed by atoms with Gasteiger partial charge in [0.05, 0.1) is 15.4 Å². The van der Waals surface area contributed by atoms with Crippen LogP contribution in [0.1, 0.15) is 27.3 Å². The standard InChI is InChI=1S/C18H15ClFN3O3S2/c19-15-7-14(3-4-16(15)20)28(25,26)23-9-12-1-5-17(22-8-12)18(24)6-2-13-10-21-11-27-13/h1,3-5,7-8,10-11,23H,2,6,9H2. The minimum absolute atomic E-state index is 0.0281. The van der Waals surface area contributed by atoms with Crippen LogP contribution in [0, 0.1) is 5.82 Å². The normalized spacial score (nSPS) is 11.5. The Morgan fingerprint density at radius 3 is 2.68 bits per heavy atom. The van der Waals surface area contributed by atoms with E-state index in [-0.39, 0.29) is 22.2 Å². The van der Waals surface area contributed by atoms with Gasteiger partial charge in [-0.2, -0.15) is 0 Å². The average Bonchev–Trinajstić information content (AvgIpc) is 3.20. The summed E-state index contributed by atoms with van der Waals surface area (Å²) in [6.45, 7) is -0.0281. The van der Waals surface area contributed by atoms with Crippen LogP contribution in [0.4, 0.5) is 4.39 Å². The number of aromatic nitrogens is 2. The van der Waals surface area contributed by atoms with Gasteiger partial charge in [0.2, 0.25) is 10.0 Å². The second kappa shape index (κ2) is 8.87. The van der Waals surface area contributed by atoms with Gasteiger partial charge in [0.25, 0.3) is 0 Å². The predicted molar refractivity (Wildman–Crippen MR) is 104 cm³/mol. The van der Waals surface area contributed by atoms with Crippen molar-refractivity contribution in [2.45, 2.75) is 24.3 Å². The SMILES string of the molecule is O=C(CCc1cncs1)c1ccc(CNS(=O)(=O)c2ccc(F)c(Cl)c2)cn1. The highest BCUT2D eigenvalue weighted by Crippen LogP contribution is 2.19. The molecule has 10 heteroatoms. The number of thiazole rings is 1. The average molecular weight is 440 g/mol. The minimum Gasteiger partial charge on any atom is -0.292 e. The molecule has 0 aliphatic carbocycles. The van der Waals surface area contributed by atoms with E-state index in [1.807, 2.05) is 0 Å². The van der Waals surface area contributed by atoms with Crippen LogP contribution < -0.4 is 4.72 Å². The molecule has 0 radical (unpaired) electrons. The molecule has 146 valence electrons. The fourth-order valence-corrected chi connectivity index (χ4v) is 4.22. The van der Waals surface area contributed by atoms with Crippen molar-refractivity contribution in [3.8, 4) is 0 Å². The van der Waals surface area contributed by atoms with Crippen LogP contribution >= 0.6 is 22.9 Å². The Kier molecular flexibility index (Phi) is 6.50. The van der Waals surface area contributed by atoms with Gasteiger partial charge >= 0.3 is 0 Å². The number of rotatable bonds is 8. The maximum atomic E-state index is 13.2. The van der Waals surface area contributed by atoms with Gasteiger partial charge in [-0.05, 0) is 36.2 Å². The summed E-state index contributed by atoms with van der Waals surface area (Å²) in [6, 6.07) is 6.36. The molecular formula is C18H15ClFN3O3S2. The number of carbonyl (C=O) groups is 1. The molecule has 3 aromatic rings. The molecule has 0 amide bonds. The second-order valence-electron chi connectivity index (χ2n) is 5.84. The summed E-state index contributed by atoms with van der Waals surface area (Å²) in [5.74, 6) is -0.790. The number of carbonyl (C=O) groups excluding carboxylic acids is 1. The molecule has 0 spiro atoms. The summed E-state index contributed by atoms with van der Waals surface area (Å²) in [6.07, 6.45) is 4.11. The highest BCUT2D eigenvalue weighted by molar-refractivity contribution is 7.89. The number of pyridine rings is 1. The van der Waals surface area contributed by atoms with E-state index in [1.165, 1.54) is 17.5 Å². The Morgan fingerprint density at radius 1 is 1.21 bits per heavy atom. The van der Waals surface area contributed by atoms with Crippen molar-refractivity contribution in [1.82, 2.24) is 14.7 Å². The Bertz CT molecular complexity index is 1070. The van der Waals surface area contributed by atoms with E-state index in [0.29, 0.717) is 24.1 Å². The Labute approximate surface area is 170 Å². The van der Waals surface area contributed by atoms with Crippen molar-refractivity contribution in [3.63, 3.8) is 0 Å². The van der Waals surface area contributed by atoms with Gasteiger partial charge in [-0.15, -0.1) is 11.3 Å². The zero-order chi connectivity index (χ0) is 20.1. The maximum Gasteiger partial charge on any atom is 0.240 e. The molecule has 2 aromatic heterocycles. The van der Waals surface area contributed by atoms with E-state index >= 15 is 0 Å². The lowest BCUT2D eigenvalue weighted by Gasteiger charge is -2.08. The molecule has 0 aliphatic heterocycles. The lowest BCUT2D eigenvalue weighted by Crippen LogP contribution is -2.23. The third kappa shape index (κ3) is 5.20. The van der Waals surface area contributed by atoms with E-state index in [2.05, 4.69) is 14.7 Å². The first kappa shape index (κ1) is 20.5. The molecule has 1 aromatic carbocycles. The van der Waals surface area contributed by atoms with Gasteiger partial charge in [0.1, 0.15) is 11.5 Å². The van der Waals surface area contributed by atoms with Gasteiger partial charge in [-0.1, -0.05) is 17.7 Å². The number of sulfonamides is 1. The van der Waals surface area contributed by atoms with Crippen molar-refractivity contribution < 1.29 is 17.6 Å². The summed E-state index contributed by atoms with van der Waals surface area (Å²) in [5, 5.41) is -0.272. The van der Waals surface area contributed by atoms with Gasteiger partial charge in [-0.25, -0.2) is 17.5 Å². The zero-order valence-electron chi connectivity index (χ0n) is 14.4. The highest BCUT2D eigenvalue weighted by Gasteiger charge is 2.16. The maximum absolute atomic E-state index is 13.2. The fourth-order valence-electron chi connectivity index (χ4n) is 2.33. The molecule has 0 unspecified atom stereocenters. The van der Waals surface area contributed by atoms with Gasteiger partial charge < -0.3 is 0 Å². The summed E-state index contributed by atoms with van der Waals surface area (Å²) >= 11 is 7.12. The van der Waals surface area contributed by atoms with Crippen LogP contribution in [0.2, 0.25) is 5.02 Å². The molecule has 0 atom stereocenters. The quantitative estimate of drug-likeness (QED) is 0.541. The second-order valence-corrected chi connectivity index (χ2v) is 8.99. The molecule has 0 bridgehead atoms. The van der Waals surface area contributed by atoms with E-state index in [4.69, 9.17) is 11.6 Å². The third-order valence-corrected chi connectivity index (χ3v) is 6.39. The molecule has 28 heavy (non-hydrogen) atoms. The van der Waals surface area contributed by atoms with Crippen molar-refractivity contribution in [2.75, 3.05) is 0 Å². The van der Waals surface area contributed by atoms with E-state index in [9.17, 15) is 17.6 Å². The Balaban J connectivity index is 1.59. The lowest BCUT2D eigenvalue weighted by molar-refractivity contribution is 0.0978. The monoisotopic (exact) mass is 439 g/mol. The smallest absolute Gasteiger partial charge is 0.240 e. The number of ketones is 1. The molecule has 0 saturated heterocycles. The van der Waals surface area contributed by atoms with Crippen LogP contribution in [0.5, 0.6) is 0 Å². The van der Waals surface area contributed by atoms with E-state index < -0.39 is 15.8 Å². The lowest BCUT2D eigenvalue weighted by atomic mass is 10.1. The number of benzene rings is 1. The van der Waals surface area contributed by atoms with Gasteiger partial charge in [0.15, 0.2) is 5.78 Å². The Hall–Kier alpha value is -2.20. The third-order valence-electron chi connectivity index (χ3n) is 3.86. The molecule has 6 nitrogen and oxygen atoms in total.